The molecule has 0 fully saturated rings. The van der Waals surface area contributed by atoms with Crippen LogP contribution in [-0.4, -0.2) is 11.9 Å². The number of hydrogen-bond acceptors (Lipinski definition) is 3. The second-order valence-electron chi connectivity index (χ2n) is 5.82. The van der Waals surface area contributed by atoms with E-state index in [4.69, 9.17) is 10.5 Å². The molecule has 0 spiro atoms. The molecule has 122 valence electrons. The van der Waals surface area contributed by atoms with E-state index >= 15 is 0 Å². The number of rotatable bonds is 7. The molecule has 0 aromatic heterocycles. The van der Waals surface area contributed by atoms with Gasteiger partial charge in [0.1, 0.15) is 12.4 Å². The van der Waals surface area contributed by atoms with Crippen molar-refractivity contribution in [1.29, 1.82) is 0 Å². The molecule has 0 aliphatic carbocycles. The van der Waals surface area contributed by atoms with Gasteiger partial charge in [-0.25, -0.2) is 0 Å². The molecule has 23 heavy (non-hydrogen) atoms. The Morgan fingerprint density at radius 3 is 2.61 bits per heavy atom. The zero-order valence-electron chi connectivity index (χ0n) is 13.7. The van der Waals surface area contributed by atoms with Crippen molar-refractivity contribution in [3.63, 3.8) is 0 Å². The number of benzene rings is 2. The van der Waals surface area contributed by atoms with E-state index in [1.165, 1.54) is 0 Å². The molecule has 3 N–H and O–H groups in total. The summed E-state index contributed by atoms with van der Waals surface area (Å²) < 4.78 is 5.78. The van der Waals surface area contributed by atoms with Crippen LogP contribution in [0, 0.1) is 6.92 Å². The van der Waals surface area contributed by atoms with Crippen LogP contribution >= 0.6 is 0 Å². The van der Waals surface area contributed by atoms with Crippen LogP contribution < -0.4 is 15.8 Å². The van der Waals surface area contributed by atoms with Gasteiger partial charge < -0.3 is 15.8 Å². The quantitative estimate of drug-likeness (QED) is 0.820. The maximum atomic E-state index is 11.9. The second kappa shape index (κ2) is 8.34. The van der Waals surface area contributed by atoms with Crippen molar-refractivity contribution >= 4 is 11.6 Å². The monoisotopic (exact) mass is 312 g/mol. The Hall–Kier alpha value is -2.33. The first-order valence-electron chi connectivity index (χ1n) is 7.87. The van der Waals surface area contributed by atoms with Gasteiger partial charge >= 0.3 is 0 Å². The van der Waals surface area contributed by atoms with Gasteiger partial charge in [0.2, 0.25) is 5.91 Å². The summed E-state index contributed by atoms with van der Waals surface area (Å²) in [7, 11) is 0. The SMILES string of the molecule is Cc1cc(OCc2ccccc2)ccc1NC(=O)CCC(C)N. The van der Waals surface area contributed by atoms with Gasteiger partial charge in [-0.1, -0.05) is 30.3 Å². The number of anilines is 1. The molecule has 1 unspecified atom stereocenters. The van der Waals surface area contributed by atoms with Crippen molar-refractivity contribution < 1.29 is 9.53 Å². The lowest BCUT2D eigenvalue weighted by Crippen LogP contribution is -2.19. The van der Waals surface area contributed by atoms with Crippen LogP contribution in [0.2, 0.25) is 0 Å². The minimum absolute atomic E-state index is 0.0108. The molecular formula is C19H24N2O2. The highest BCUT2D eigenvalue weighted by atomic mass is 16.5. The Balaban J connectivity index is 1.91. The molecule has 4 heteroatoms. The normalized spacial score (nSPS) is 11.8. The van der Waals surface area contributed by atoms with E-state index in [9.17, 15) is 4.79 Å². The number of nitrogens with one attached hydrogen (secondary N) is 1. The van der Waals surface area contributed by atoms with Crippen molar-refractivity contribution in [3.8, 4) is 5.75 Å². The average molecular weight is 312 g/mol. The minimum Gasteiger partial charge on any atom is -0.489 e. The van der Waals surface area contributed by atoms with Crippen LogP contribution in [0.3, 0.4) is 0 Å². The van der Waals surface area contributed by atoms with Gasteiger partial charge in [0.15, 0.2) is 0 Å². The third-order valence-electron chi connectivity index (χ3n) is 3.55. The number of ether oxygens (including phenoxy) is 1. The first-order chi connectivity index (χ1) is 11.0. The molecule has 2 rings (SSSR count). The van der Waals surface area contributed by atoms with E-state index in [0.29, 0.717) is 19.4 Å². The Labute approximate surface area is 137 Å². The van der Waals surface area contributed by atoms with Crippen molar-refractivity contribution in [2.45, 2.75) is 39.3 Å². The van der Waals surface area contributed by atoms with Gasteiger partial charge in [-0.2, -0.15) is 0 Å². The average Bonchev–Trinajstić information content (AvgIpc) is 2.54. The Kier molecular flexibility index (Phi) is 6.18. The fraction of sp³-hybridized carbons (Fsp3) is 0.316. The van der Waals surface area contributed by atoms with Crippen molar-refractivity contribution in [3.05, 3.63) is 59.7 Å². The van der Waals surface area contributed by atoms with E-state index in [1.54, 1.807) is 0 Å². The third-order valence-corrected chi connectivity index (χ3v) is 3.55. The molecule has 1 amide bonds. The number of amides is 1. The van der Waals surface area contributed by atoms with Crippen molar-refractivity contribution in [2.24, 2.45) is 5.73 Å². The smallest absolute Gasteiger partial charge is 0.224 e. The van der Waals surface area contributed by atoms with Gasteiger partial charge in [-0.3, -0.25) is 4.79 Å². The first kappa shape index (κ1) is 17.0. The molecule has 0 radical (unpaired) electrons. The number of carbonyl (C=O) groups excluding carboxylic acids is 1. The highest BCUT2D eigenvalue weighted by Gasteiger charge is 2.07. The molecule has 0 heterocycles. The zero-order valence-corrected chi connectivity index (χ0v) is 13.7. The third kappa shape index (κ3) is 5.75. The highest BCUT2D eigenvalue weighted by Crippen LogP contribution is 2.22. The molecule has 2 aromatic carbocycles. The van der Waals surface area contributed by atoms with Crippen LogP contribution in [-0.2, 0) is 11.4 Å². The molecule has 0 saturated heterocycles. The van der Waals surface area contributed by atoms with Gasteiger partial charge in [0.05, 0.1) is 0 Å². The summed E-state index contributed by atoms with van der Waals surface area (Å²) >= 11 is 0. The van der Waals surface area contributed by atoms with E-state index in [-0.39, 0.29) is 11.9 Å². The molecule has 0 bridgehead atoms. The number of nitrogens with two attached hydrogens (primary N) is 1. The fourth-order valence-electron chi connectivity index (χ4n) is 2.18. The zero-order chi connectivity index (χ0) is 16.7. The molecule has 0 saturated carbocycles. The highest BCUT2D eigenvalue weighted by molar-refractivity contribution is 5.91. The van der Waals surface area contributed by atoms with E-state index in [1.807, 2.05) is 62.4 Å². The van der Waals surface area contributed by atoms with Crippen LogP contribution in [0.25, 0.3) is 0 Å². The molecule has 4 nitrogen and oxygen atoms in total. The lowest BCUT2D eigenvalue weighted by molar-refractivity contribution is -0.116. The summed E-state index contributed by atoms with van der Waals surface area (Å²) in [6.07, 6.45) is 1.12. The summed E-state index contributed by atoms with van der Waals surface area (Å²) in [5.41, 5.74) is 8.58. The lowest BCUT2D eigenvalue weighted by Gasteiger charge is -2.12. The Morgan fingerprint density at radius 1 is 1.22 bits per heavy atom. The summed E-state index contributed by atoms with van der Waals surface area (Å²) in [6.45, 7) is 4.38. The lowest BCUT2D eigenvalue weighted by atomic mass is 10.1. The minimum atomic E-state index is -0.0108. The summed E-state index contributed by atoms with van der Waals surface area (Å²) in [5, 5.41) is 2.92. The van der Waals surface area contributed by atoms with Crippen LogP contribution in [0.15, 0.2) is 48.5 Å². The molecule has 0 aliphatic heterocycles. The van der Waals surface area contributed by atoms with E-state index < -0.39 is 0 Å². The topological polar surface area (TPSA) is 64.3 Å². The maximum absolute atomic E-state index is 11.9. The van der Waals surface area contributed by atoms with Gasteiger partial charge in [0.25, 0.3) is 0 Å². The fourth-order valence-corrected chi connectivity index (χ4v) is 2.18. The van der Waals surface area contributed by atoms with Crippen LogP contribution in [0.4, 0.5) is 5.69 Å². The largest absolute Gasteiger partial charge is 0.489 e. The van der Waals surface area contributed by atoms with Gasteiger partial charge in [-0.15, -0.1) is 0 Å². The molecule has 2 aromatic rings. The van der Waals surface area contributed by atoms with Crippen LogP contribution in [0.5, 0.6) is 5.75 Å². The predicted molar refractivity (Wildman–Crippen MR) is 93.5 cm³/mol. The molecule has 0 aliphatic rings. The Morgan fingerprint density at radius 2 is 1.96 bits per heavy atom. The van der Waals surface area contributed by atoms with Gasteiger partial charge in [-0.05, 0) is 49.6 Å². The standard InChI is InChI=1S/C19H24N2O2/c1-14-12-17(23-13-16-6-4-3-5-7-16)9-10-18(14)21-19(22)11-8-15(2)20/h3-7,9-10,12,15H,8,11,13,20H2,1-2H3,(H,21,22). The van der Waals surface area contributed by atoms with Crippen molar-refractivity contribution in [2.75, 3.05) is 5.32 Å². The number of hydrogen-bond donors (Lipinski definition) is 2. The predicted octanol–water partition coefficient (Wildman–Crippen LogP) is 3.64. The van der Waals surface area contributed by atoms with Crippen molar-refractivity contribution in [1.82, 2.24) is 0 Å². The summed E-state index contributed by atoms with van der Waals surface area (Å²) in [4.78, 5) is 11.9. The second-order valence-corrected chi connectivity index (χ2v) is 5.82. The molecular weight excluding hydrogens is 288 g/mol. The Bertz CT molecular complexity index is 639. The van der Waals surface area contributed by atoms with E-state index in [0.717, 1.165) is 22.6 Å². The summed E-state index contributed by atoms with van der Waals surface area (Å²) in [5.74, 6) is 0.781. The number of aryl methyl sites for hydroxylation is 1. The van der Waals surface area contributed by atoms with Gasteiger partial charge in [0, 0.05) is 18.2 Å². The first-order valence-corrected chi connectivity index (χ1v) is 7.87. The maximum Gasteiger partial charge on any atom is 0.224 e. The van der Waals surface area contributed by atoms with Crippen LogP contribution in [0.1, 0.15) is 30.9 Å². The number of carbonyl (C=O) groups is 1. The van der Waals surface area contributed by atoms with E-state index in [2.05, 4.69) is 5.32 Å². The molecule has 1 atom stereocenters. The summed E-state index contributed by atoms with van der Waals surface area (Å²) in [6, 6.07) is 15.7.